The number of rotatable bonds is 6. The van der Waals surface area contributed by atoms with Crippen LogP contribution >= 0.6 is 0 Å². The topological polar surface area (TPSA) is 97.4 Å². The van der Waals surface area contributed by atoms with E-state index in [1.165, 1.54) is 6.26 Å². The first-order chi connectivity index (χ1) is 11.1. The van der Waals surface area contributed by atoms with Gasteiger partial charge in [-0.05, 0) is 49.1 Å². The first-order valence-corrected chi connectivity index (χ1v) is 7.62. The fraction of sp³-hybridized carbons (Fsp3) is 0.294. The number of hydrogen-bond acceptors (Lipinski definition) is 4. The molecular formula is C17H19N3O3. The van der Waals surface area contributed by atoms with Gasteiger partial charge >= 0.3 is 0 Å². The van der Waals surface area contributed by atoms with Crippen LogP contribution in [0.5, 0.6) is 0 Å². The molecule has 0 radical (unpaired) electrons. The normalized spacial score (nSPS) is 15.0. The summed E-state index contributed by atoms with van der Waals surface area (Å²) in [6.07, 6.45) is 3.72. The van der Waals surface area contributed by atoms with Gasteiger partial charge in [0.15, 0.2) is 5.76 Å². The van der Waals surface area contributed by atoms with E-state index in [1.807, 2.05) is 0 Å². The molecule has 1 aromatic heterocycles. The van der Waals surface area contributed by atoms with Crippen LogP contribution < -0.4 is 16.4 Å². The van der Waals surface area contributed by atoms with Crippen molar-refractivity contribution in [3.8, 4) is 0 Å². The molecule has 23 heavy (non-hydrogen) atoms. The molecule has 4 N–H and O–H groups in total. The Balaban J connectivity index is 1.59. The van der Waals surface area contributed by atoms with Crippen LogP contribution in [0.2, 0.25) is 0 Å². The molecule has 1 saturated carbocycles. The fourth-order valence-corrected chi connectivity index (χ4v) is 2.34. The van der Waals surface area contributed by atoms with Crippen molar-refractivity contribution in [1.82, 2.24) is 5.32 Å². The highest BCUT2D eigenvalue weighted by Crippen LogP contribution is 2.31. The number of carbonyl (C=O) groups excluding carboxylic acids is 2. The highest BCUT2D eigenvalue weighted by Gasteiger charge is 2.28. The fourth-order valence-electron chi connectivity index (χ4n) is 2.34. The summed E-state index contributed by atoms with van der Waals surface area (Å²) in [5.41, 5.74) is 6.98. The van der Waals surface area contributed by atoms with Gasteiger partial charge in [0.25, 0.3) is 11.8 Å². The summed E-state index contributed by atoms with van der Waals surface area (Å²) in [5.74, 6) is 0.197. The highest BCUT2D eigenvalue weighted by atomic mass is 16.3. The minimum Gasteiger partial charge on any atom is -0.459 e. The number of carbonyl (C=O) groups is 2. The molecule has 0 spiro atoms. The summed E-state index contributed by atoms with van der Waals surface area (Å²) in [7, 11) is 0. The summed E-state index contributed by atoms with van der Waals surface area (Å²) in [5, 5.41) is 5.53. The second kappa shape index (κ2) is 6.66. The van der Waals surface area contributed by atoms with Crippen molar-refractivity contribution >= 4 is 17.5 Å². The molecular weight excluding hydrogens is 294 g/mol. The number of hydrogen-bond donors (Lipinski definition) is 3. The van der Waals surface area contributed by atoms with Crippen molar-refractivity contribution < 1.29 is 14.0 Å². The molecule has 1 aliphatic rings. The highest BCUT2D eigenvalue weighted by molar-refractivity contribution is 6.03. The number of amides is 2. The van der Waals surface area contributed by atoms with E-state index in [9.17, 15) is 9.59 Å². The first kappa shape index (κ1) is 15.3. The Morgan fingerprint density at radius 3 is 2.74 bits per heavy atom. The molecule has 0 saturated heterocycles. The largest absolute Gasteiger partial charge is 0.459 e. The number of nitrogens with one attached hydrogen (secondary N) is 2. The summed E-state index contributed by atoms with van der Waals surface area (Å²) in [6, 6.07) is 9.98. The molecule has 1 aromatic carbocycles. The number of nitrogens with two attached hydrogens (primary N) is 1. The Labute approximate surface area is 134 Å². The molecule has 1 atom stereocenters. The average molecular weight is 313 g/mol. The van der Waals surface area contributed by atoms with Gasteiger partial charge in [-0.1, -0.05) is 6.07 Å². The molecule has 0 bridgehead atoms. The lowest BCUT2D eigenvalue weighted by atomic mass is 10.1. The van der Waals surface area contributed by atoms with Crippen LogP contribution in [0.15, 0.2) is 47.1 Å². The second-order valence-corrected chi connectivity index (χ2v) is 5.72. The quantitative estimate of drug-likeness (QED) is 0.760. The van der Waals surface area contributed by atoms with Crippen LogP contribution in [0.25, 0.3) is 0 Å². The van der Waals surface area contributed by atoms with Gasteiger partial charge in [-0.2, -0.15) is 0 Å². The van der Waals surface area contributed by atoms with Crippen LogP contribution in [0.4, 0.5) is 5.69 Å². The predicted octanol–water partition coefficient (Wildman–Crippen LogP) is 2.00. The van der Waals surface area contributed by atoms with E-state index in [4.69, 9.17) is 10.2 Å². The van der Waals surface area contributed by atoms with Gasteiger partial charge in [0.2, 0.25) is 0 Å². The molecule has 120 valence electrons. The lowest BCUT2D eigenvalue weighted by Crippen LogP contribution is -2.38. The van der Waals surface area contributed by atoms with Crippen molar-refractivity contribution in [2.45, 2.75) is 18.9 Å². The van der Waals surface area contributed by atoms with Gasteiger partial charge in [-0.3, -0.25) is 9.59 Å². The average Bonchev–Trinajstić information content (AvgIpc) is 3.26. The number of anilines is 1. The van der Waals surface area contributed by atoms with Crippen LogP contribution in [-0.2, 0) is 0 Å². The third kappa shape index (κ3) is 3.98. The van der Waals surface area contributed by atoms with Gasteiger partial charge < -0.3 is 20.8 Å². The molecule has 3 rings (SSSR count). The SMILES string of the molecule is NC(CNC(=O)c1cccc(NC(=O)c2ccco2)c1)C1CC1. The van der Waals surface area contributed by atoms with E-state index in [1.54, 1.807) is 36.4 Å². The summed E-state index contributed by atoms with van der Waals surface area (Å²) in [6.45, 7) is 0.465. The van der Waals surface area contributed by atoms with E-state index in [-0.39, 0.29) is 23.6 Å². The van der Waals surface area contributed by atoms with Crippen molar-refractivity contribution in [2.24, 2.45) is 11.7 Å². The minimum atomic E-state index is -0.358. The zero-order chi connectivity index (χ0) is 16.2. The second-order valence-electron chi connectivity index (χ2n) is 5.72. The molecule has 1 unspecified atom stereocenters. The van der Waals surface area contributed by atoms with Gasteiger partial charge in [-0.15, -0.1) is 0 Å². The lowest BCUT2D eigenvalue weighted by Gasteiger charge is -2.12. The van der Waals surface area contributed by atoms with Crippen LogP contribution in [0, 0.1) is 5.92 Å². The van der Waals surface area contributed by atoms with Crippen molar-refractivity contribution in [2.75, 3.05) is 11.9 Å². The predicted molar refractivity (Wildman–Crippen MR) is 86.1 cm³/mol. The molecule has 1 fully saturated rings. The number of furan rings is 1. The maximum absolute atomic E-state index is 12.2. The van der Waals surface area contributed by atoms with Crippen LogP contribution in [0.3, 0.4) is 0 Å². The van der Waals surface area contributed by atoms with Gasteiger partial charge in [0.1, 0.15) is 0 Å². The first-order valence-electron chi connectivity index (χ1n) is 7.62. The molecule has 2 amide bonds. The van der Waals surface area contributed by atoms with E-state index in [2.05, 4.69) is 10.6 Å². The Bertz CT molecular complexity index is 693. The zero-order valence-electron chi connectivity index (χ0n) is 12.6. The number of benzene rings is 1. The minimum absolute atomic E-state index is 0.0146. The Kier molecular flexibility index (Phi) is 4.43. The van der Waals surface area contributed by atoms with E-state index in [0.29, 0.717) is 23.7 Å². The van der Waals surface area contributed by atoms with Gasteiger partial charge in [0.05, 0.1) is 6.26 Å². The monoisotopic (exact) mass is 313 g/mol. The molecule has 1 heterocycles. The van der Waals surface area contributed by atoms with Crippen LogP contribution in [0.1, 0.15) is 33.8 Å². The van der Waals surface area contributed by atoms with Crippen molar-refractivity contribution in [1.29, 1.82) is 0 Å². The Morgan fingerprint density at radius 2 is 2.04 bits per heavy atom. The maximum atomic E-state index is 12.2. The standard InChI is InChI=1S/C17H19N3O3/c18-14(11-6-7-11)10-19-16(21)12-3-1-4-13(9-12)20-17(22)15-5-2-8-23-15/h1-5,8-9,11,14H,6-7,10,18H2,(H,19,21)(H,20,22). The Morgan fingerprint density at radius 1 is 1.22 bits per heavy atom. The molecule has 1 aliphatic carbocycles. The molecule has 6 heteroatoms. The maximum Gasteiger partial charge on any atom is 0.291 e. The van der Waals surface area contributed by atoms with Crippen molar-refractivity contribution in [3.05, 3.63) is 54.0 Å². The third-order valence-corrected chi connectivity index (χ3v) is 3.85. The van der Waals surface area contributed by atoms with Crippen LogP contribution in [-0.4, -0.2) is 24.4 Å². The van der Waals surface area contributed by atoms with E-state index >= 15 is 0 Å². The smallest absolute Gasteiger partial charge is 0.291 e. The third-order valence-electron chi connectivity index (χ3n) is 3.85. The van der Waals surface area contributed by atoms with E-state index < -0.39 is 0 Å². The molecule has 0 aliphatic heterocycles. The van der Waals surface area contributed by atoms with E-state index in [0.717, 1.165) is 12.8 Å². The molecule has 2 aromatic rings. The lowest BCUT2D eigenvalue weighted by molar-refractivity contribution is 0.0948. The summed E-state index contributed by atoms with van der Waals surface area (Å²) < 4.78 is 5.03. The molecule has 6 nitrogen and oxygen atoms in total. The van der Waals surface area contributed by atoms with Gasteiger partial charge in [-0.25, -0.2) is 0 Å². The zero-order valence-corrected chi connectivity index (χ0v) is 12.6. The summed E-state index contributed by atoms with van der Waals surface area (Å²) >= 11 is 0. The Hall–Kier alpha value is -2.60. The summed E-state index contributed by atoms with van der Waals surface area (Å²) in [4.78, 5) is 24.1. The van der Waals surface area contributed by atoms with Gasteiger partial charge in [0, 0.05) is 23.8 Å². The van der Waals surface area contributed by atoms with Crippen molar-refractivity contribution in [3.63, 3.8) is 0 Å².